The Bertz CT molecular complexity index is 500. The van der Waals surface area contributed by atoms with Gasteiger partial charge in [0.25, 0.3) is 0 Å². The van der Waals surface area contributed by atoms with Crippen LogP contribution in [0.15, 0.2) is 30.3 Å². The monoisotopic (exact) mass is 293 g/mol. The van der Waals surface area contributed by atoms with Gasteiger partial charge in [0.15, 0.2) is 0 Å². The van der Waals surface area contributed by atoms with Crippen LogP contribution in [-0.2, 0) is 14.4 Å². The maximum absolute atomic E-state index is 12.2. The Morgan fingerprint density at radius 2 is 1.76 bits per heavy atom. The van der Waals surface area contributed by atoms with E-state index < -0.39 is 29.8 Å². The number of amides is 1. The van der Waals surface area contributed by atoms with Crippen LogP contribution in [-0.4, -0.2) is 34.1 Å². The highest BCUT2D eigenvalue weighted by atomic mass is 16.4. The topological polar surface area (TPSA) is 104 Å². The first kappa shape index (κ1) is 16.7. The van der Waals surface area contributed by atoms with E-state index in [4.69, 9.17) is 10.2 Å². The van der Waals surface area contributed by atoms with Crippen LogP contribution in [0.5, 0.6) is 0 Å². The number of hydrogen-bond donors (Lipinski definition) is 3. The summed E-state index contributed by atoms with van der Waals surface area (Å²) in [4.78, 5) is 33.8. The van der Waals surface area contributed by atoms with Crippen LogP contribution >= 0.6 is 0 Å². The Kier molecular flexibility index (Phi) is 6.39. The van der Waals surface area contributed by atoms with E-state index in [-0.39, 0.29) is 12.8 Å². The van der Waals surface area contributed by atoms with Crippen molar-refractivity contribution in [2.24, 2.45) is 0 Å². The van der Waals surface area contributed by atoms with Gasteiger partial charge in [-0.15, -0.1) is 0 Å². The minimum atomic E-state index is -1.23. The number of rotatable bonds is 8. The second kappa shape index (κ2) is 8.04. The van der Waals surface area contributed by atoms with Gasteiger partial charge in [0, 0.05) is 6.42 Å². The van der Waals surface area contributed by atoms with Gasteiger partial charge in [-0.3, -0.25) is 9.59 Å². The maximum Gasteiger partial charge on any atom is 0.326 e. The predicted molar refractivity (Wildman–Crippen MR) is 75.9 cm³/mol. The summed E-state index contributed by atoms with van der Waals surface area (Å²) in [5.41, 5.74) is 0.805. The van der Waals surface area contributed by atoms with Crippen molar-refractivity contribution in [3.05, 3.63) is 35.9 Å². The minimum Gasteiger partial charge on any atom is -0.481 e. The lowest BCUT2D eigenvalue weighted by Gasteiger charge is -2.19. The molecule has 21 heavy (non-hydrogen) atoms. The van der Waals surface area contributed by atoms with Gasteiger partial charge in [0.2, 0.25) is 5.91 Å². The number of aliphatic carboxylic acids is 2. The van der Waals surface area contributed by atoms with E-state index in [9.17, 15) is 14.4 Å². The Hall–Kier alpha value is -2.37. The first-order valence-electron chi connectivity index (χ1n) is 6.75. The van der Waals surface area contributed by atoms with Crippen LogP contribution < -0.4 is 5.32 Å². The van der Waals surface area contributed by atoms with Gasteiger partial charge in [-0.2, -0.15) is 0 Å². The molecule has 0 aromatic heterocycles. The molecule has 6 nitrogen and oxygen atoms in total. The fraction of sp³-hybridized carbons (Fsp3) is 0.400. The van der Waals surface area contributed by atoms with Gasteiger partial charge >= 0.3 is 11.9 Å². The van der Waals surface area contributed by atoms with Crippen molar-refractivity contribution in [3.8, 4) is 0 Å². The quantitative estimate of drug-likeness (QED) is 0.675. The van der Waals surface area contributed by atoms with Crippen molar-refractivity contribution < 1.29 is 24.6 Å². The lowest BCUT2D eigenvalue weighted by Crippen LogP contribution is -2.43. The van der Waals surface area contributed by atoms with Crippen molar-refractivity contribution in [3.63, 3.8) is 0 Å². The van der Waals surface area contributed by atoms with Crippen molar-refractivity contribution in [2.45, 2.75) is 38.1 Å². The number of nitrogens with one attached hydrogen (secondary N) is 1. The average Bonchev–Trinajstić information content (AvgIpc) is 2.44. The van der Waals surface area contributed by atoms with Crippen LogP contribution in [0.3, 0.4) is 0 Å². The third-order valence-corrected chi connectivity index (χ3v) is 3.19. The summed E-state index contributed by atoms with van der Waals surface area (Å²) in [7, 11) is 0. The minimum absolute atomic E-state index is 0.137. The number of carbonyl (C=O) groups is 3. The van der Waals surface area contributed by atoms with Gasteiger partial charge in [0.1, 0.15) is 6.04 Å². The van der Waals surface area contributed by atoms with Gasteiger partial charge in [-0.05, 0) is 18.4 Å². The summed E-state index contributed by atoms with van der Waals surface area (Å²) < 4.78 is 0. The maximum atomic E-state index is 12.2. The highest BCUT2D eigenvalue weighted by Gasteiger charge is 2.25. The zero-order valence-corrected chi connectivity index (χ0v) is 11.8. The number of benzene rings is 1. The van der Waals surface area contributed by atoms with E-state index in [1.165, 1.54) is 0 Å². The smallest absolute Gasteiger partial charge is 0.326 e. The summed E-state index contributed by atoms with van der Waals surface area (Å²) in [6, 6.07) is 7.88. The zero-order valence-electron chi connectivity index (χ0n) is 11.8. The van der Waals surface area contributed by atoms with Crippen LogP contribution in [0.25, 0.3) is 0 Å². The largest absolute Gasteiger partial charge is 0.481 e. The molecule has 2 atom stereocenters. The Morgan fingerprint density at radius 3 is 2.24 bits per heavy atom. The molecule has 0 saturated heterocycles. The zero-order chi connectivity index (χ0) is 15.8. The van der Waals surface area contributed by atoms with E-state index in [1.54, 1.807) is 12.1 Å². The van der Waals surface area contributed by atoms with Crippen molar-refractivity contribution in [1.29, 1.82) is 0 Å². The molecule has 0 radical (unpaired) electrons. The van der Waals surface area contributed by atoms with Gasteiger partial charge in [0.05, 0.1) is 5.92 Å². The summed E-state index contributed by atoms with van der Waals surface area (Å²) >= 11 is 0. The normalized spacial score (nSPS) is 13.2. The third kappa shape index (κ3) is 5.25. The highest BCUT2D eigenvalue weighted by molar-refractivity contribution is 5.88. The fourth-order valence-corrected chi connectivity index (χ4v) is 2.06. The van der Waals surface area contributed by atoms with E-state index in [0.29, 0.717) is 6.42 Å². The molecular weight excluding hydrogens is 274 g/mol. The molecule has 1 amide bonds. The molecule has 0 fully saturated rings. The highest BCUT2D eigenvalue weighted by Crippen LogP contribution is 2.19. The molecule has 0 heterocycles. The summed E-state index contributed by atoms with van der Waals surface area (Å²) in [5.74, 6) is -3.17. The van der Waals surface area contributed by atoms with E-state index in [1.807, 2.05) is 25.1 Å². The second-order valence-corrected chi connectivity index (χ2v) is 4.70. The predicted octanol–water partition coefficient (Wildman–Crippen LogP) is 1.61. The van der Waals surface area contributed by atoms with Gasteiger partial charge in [-0.25, -0.2) is 4.79 Å². The van der Waals surface area contributed by atoms with Gasteiger partial charge < -0.3 is 15.5 Å². The van der Waals surface area contributed by atoms with Crippen molar-refractivity contribution in [2.75, 3.05) is 0 Å². The van der Waals surface area contributed by atoms with Crippen molar-refractivity contribution in [1.82, 2.24) is 5.32 Å². The molecule has 0 bridgehead atoms. The van der Waals surface area contributed by atoms with E-state index >= 15 is 0 Å². The molecule has 0 spiro atoms. The first-order valence-corrected chi connectivity index (χ1v) is 6.75. The SMILES string of the molecule is CCC(C(=O)N[C@@H](CCC(=O)O)C(=O)O)c1ccccc1. The molecule has 1 aromatic carbocycles. The average molecular weight is 293 g/mol. The Morgan fingerprint density at radius 1 is 1.14 bits per heavy atom. The van der Waals surface area contributed by atoms with Gasteiger partial charge in [-0.1, -0.05) is 37.3 Å². The number of carboxylic acid groups (broad SMARTS) is 2. The third-order valence-electron chi connectivity index (χ3n) is 3.19. The van der Waals surface area contributed by atoms with Crippen LogP contribution in [0.4, 0.5) is 0 Å². The number of carbonyl (C=O) groups excluding carboxylic acids is 1. The molecule has 0 aliphatic rings. The van der Waals surface area contributed by atoms with E-state index in [2.05, 4.69) is 5.32 Å². The number of carboxylic acids is 2. The Labute approximate surface area is 122 Å². The van der Waals surface area contributed by atoms with Crippen LogP contribution in [0.1, 0.15) is 37.7 Å². The molecule has 0 aliphatic carbocycles. The molecule has 114 valence electrons. The fourth-order valence-electron chi connectivity index (χ4n) is 2.06. The molecule has 1 unspecified atom stereocenters. The molecule has 3 N–H and O–H groups in total. The lowest BCUT2D eigenvalue weighted by molar-refractivity contribution is -0.143. The second-order valence-electron chi connectivity index (χ2n) is 4.70. The van der Waals surface area contributed by atoms with Crippen molar-refractivity contribution >= 4 is 17.8 Å². The van der Waals surface area contributed by atoms with E-state index in [0.717, 1.165) is 5.56 Å². The van der Waals surface area contributed by atoms with Crippen LogP contribution in [0.2, 0.25) is 0 Å². The lowest BCUT2D eigenvalue weighted by atomic mass is 9.95. The molecule has 6 heteroatoms. The molecule has 1 aromatic rings. The molecule has 0 saturated carbocycles. The molecule has 1 rings (SSSR count). The van der Waals surface area contributed by atoms with Crippen LogP contribution in [0, 0.1) is 0 Å². The standard InChI is InChI=1S/C15H19NO5/c1-2-11(10-6-4-3-5-7-10)14(19)16-12(15(20)21)8-9-13(17)18/h3-7,11-12H,2,8-9H2,1H3,(H,16,19)(H,17,18)(H,20,21)/t11?,12-/m0/s1. The molecule has 0 aliphatic heterocycles. The summed E-state index contributed by atoms with van der Waals surface area (Å²) in [6.07, 6.45) is 0.0854. The summed E-state index contributed by atoms with van der Waals surface area (Å²) in [6.45, 7) is 1.84. The first-order chi connectivity index (χ1) is 9.95. The number of hydrogen-bond acceptors (Lipinski definition) is 3. The summed E-state index contributed by atoms with van der Waals surface area (Å²) in [5, 5.41) is 20.1. The molecular formula is C15H19NO5. The Balaban J connectivity index is 2.75.